The van der Waals surface area contributed by atoms with Gasteiger partial charge < -0.3 is 9.47 Å². The lowest BCUT2D eigenvalue weighted by molar-refractivity contribution is 0.0773. The molecule has 0 radical (unpaired) electrons. The Labute approximate surface area is 160 Å². The van der Waals surface area contributed by atoms with Gasteiger partial charge in [-0.25, -0.2) is 8.42 Å². The summed E-state index contributed by atoms with van der Waals surface area (Å²) in [6, 6.07) is 3.65. The number of aryl methyl sites for hydroxylation is 2. The topological polar surface area (TPSA) is 80.4 Å². The van der Waals surface area contributed by atoms with E-state index in [-0.39, 0.29) is 5.91 Å². The number of nitrogens with zero attached hydrogens (tertiary/aromatic N) is 5. The number of sulfonamides is 1. The minimum atomic E-state index is -3.25. The van der Waals surface area contributed by atoms with Gasteiger partial charge in [0.05, 0.1) is 18.5 Å². The molecular formula is C18H27N5O3S. The third-order valence-electron chi connectivity index (χ3n) is 5.01. The second-order valence-corrected chi connectivity index (χ2v) is 9.05. The van der Waals surface area contributed by atoms with Crippen LogP contribution >= 0.6 is 0 Å². The molecule has 0 aromatic carbocycles. The van der Waals surface area contributed by atoms with Crippen LogP contribution in [-0.4, -0.2) is 57.7 Å². The van der Waals surface area contributed by atoms with Gasteiger partial charge in [0.25, 0.3) is 5.91 Å². The van der Waals surface area contributed by atoms with E-state index in [1.54, 1.807) is 18.0 Å². The van der Waals surface area contributed by atoms with Crippen molar-refractivity contribution in [2.45, 2.75) is 46.4 Å². The van der Waals surface area contributed by atoms with E-state index in [0.29, 0.717) is 38.3 Å². The second-order valence-electron chi connectivity index (χ2n) is 7.07. The first-order valence-corrected chi connectivity index (χ1v) is 11.0. The van der Waals surface area contributed by atoms with Crippen LogP contribution in [0.4, 0.5) is 0 Å². The summed E-state index contributed by atoms with van der Waals surface area (Å²) in [5, 5.41) is 4.43. The zero-order valence-electron chi connectivity index (χ0n) is 16.3. The summed E-state index contributed by atoms with van der Waals surface area (Å²) in [5.41, 5.74) is 3.40. The van der Waals surface area contributed by atoms with Crippen LogP contribution in [-0.2, 0) is 36.2 Å². The molecule has 0 spiro atoms. The van der Waals surface area contributed by atoms with Crippen molar-refractivity contribution in [2.75, 3.05) is 19.8 Å². The molecule has 0 bridgehead atoms. The standard InChI is InChI=1S/C18H27N5O3S/c1-5-21-12-15(14(2)19-21)11-20(3)18(24)17-8-7-16-13-22(27(4,25)26)9-6-10-23(16)17/h7-8,12H,5-6,9-11,13H2,1-4H3. The summed E-state index contributed by atoms with van der Waals surface area (Å²) in [7, 11) is -1.47. The van der Waals surface area contributed by atoms with Gasteiger partial charge in [-0.3, -0.25) is 9.48 Å². The van der Waals surface area contributed by atoms with Gasteiger partial charge in [0.2, 0.25) is 10.0 Å². The summed E-state index contributed by atoms with van der Waals surface area (Å²) in [6.07, 6.45) is 3.88. The number of carbonyl (C=O) groups is 1. The molecule has 9 heteroatoms. The molecule has 0 saturated heterocycles. The maximum atomic E-state index is 13.0. The monoisotopic (exact) mass is 393 g/mol. The fourth-order valence-electron chi connectivity index (χ4n) is 3.45. The van der Waals surface area contributed by atoms with Gasteiger partial charge in [0.15, 0.2) is 0 Å². The first kappa shape index (κ1) is 19.6. The van der Waals surface area contributed by atoms with Crippen LogP contribution in [0.3, 0.4) is 0 Å². The molecule has 0 unspecified atom stereocenters. The lowest BCUT2D eigenvalue weighted by atomic mass is 10.2. The normalized spacial score (nSPS) is 15.4. The molecular weight excluding hydrogens is 366 g/mol. The lowest BCUT2D eigenvalue weighted by Crippen LogP contribution is -2.29. The number of hydrogen-bond donors (Lipinski definition) is 0. The average Bonchev–Trinajstić information content (AvgIpc) is 3.08. The smallest absolute Gasteiger partial charge is 0.270 e. The number of aromatic nitrogens is 3. The fraction of sp³-hybridized carbons (Fsp3) is 0.556. The Morgan fingerprint density at radius 2 is 2.04 bits per heavy atom. The van der Waals surface area contributed by atoms with Gasteiger partial charge in [-0.2, -0.15) is 9.40 Å². The zero-order chi connectivity index (χ0) is 19.8. The lowest BCUT2D eigenvalue weighted by Gasteiger charge is -2.19. The molecule has 8 nitrogen and oxygen atoms in total. The molecule has 2 aromatic rings. The number of carbonyl (C=O) groups excluding carboxylic acids is 1. The van der Waals surface area contributed by atoms with Crippen LogP contribution in [0.2, 0.25) is 0 Å². The van der Waals surface area contributed by atoms with Crippen molar-refractivity contribution in [3.05, 3.63) is 41.0 Å². The molecule has 3 heterocycles. The highest BCUT2D eigenvalue weighted by molar-refractivity contribution is 7.88. The first-order chi connectivity index (χ1) is 12.7. The van der Waals surface area contributed by atoms with E-state index < -0.39 is 10.0 Å². The fourth-order valence-corrected chi connectivity index (χ4v) is 4.27. The quantitative estimate of drug-likeness (QED) is 0.770. The number of fused-ring (bicyclic) bond motifs is 1. The largest absolute Gasteiger partial charge is 0.339 e. The third kappa shape index (κ3) is 4.08. The highest BCUT2D eigenvalue weighted by Crippen LogP contribution is 2.20. The minimum Gasteiger partial charge on any atom is -0.339 e. The summed E-state index contributed by atoms with van der Waals surface area (Å²) in [4.78, 5) is 14.7. The maximum Gasteiger partial charge on any atom is 0.270 e. The summed E-state index contributed by atoms with van der Waals surface area (Å²) in [5.74, 6) is -0.0716. The minimum absolute atomic E-state index is 0.0716. The Morgan fingerprint density at radius 3 is 2.67 bits per heavy atom. The molecule has 1 amide bonds. The van der Waals surface area contributed by atoms with Crippen molar-refractivity contribution < 1.29 is 13.2 Å². The van der Waals surface area contributed by atoms with Crippen LogP contribution in [0.25, 0.3) is 0 Å². The van der Waals surface area contributed by atoms with Gasteiger partial charge in [0.1, 0.15) is 5.69 Å². The molecule has 0 aliphatic carbocycles. The molecule has 2 aromatic heterocycles. The molecule has 148 valence electrons. The van der Waals surface area contributed by atoms with E-state index in [4.69, 9.17) is 0 Å². The summed E-state index contributed by atoms with van der Waals surface area (Å²) in [6.45, 7) is 6.67. The Bertz CT molecular complexity index is 944. The average molecular weight is 394 g/mol. The van der Waals surface area contributed by atoms with Crippen LogP contribution in [0.5, 0.6) is 0 Å². The van der Waals surface area contributed by atoms with Gasteiger partial charge in [0, 0.05) is 50.7 Å². The Hall–Kier alpha value is -2.13. The summed E-state index contributed by atoms with van der Waals surface area (Å²) >= 11 is 0. The van der Waals surface area contributed by atoms with E-state index in [9.17, 15) is 13.2 Å². The second kappa shape index (κ2) is 7.47. The molecule has 3 rings (SSSR count). The van der Waals surface area contributed by atoms with Crippen molar-refractivity contribution in [3.8, 4) is 0 Å². The molecule has 0 N–H and O–H groups in total. The van der Waals surface area contributed by atoms with E-state index in [0.717, 1.165) is 23.5 Å². The highest BCUT2D eigenvalue weighted by Gasteiger charge is 2.25. The molecule has 0 atom stereocenters. The van der Waals surface area contributed by atoms with E-state index in [2.05, 4.69) is 5.10 Å². The Kier molecular flexibility index (Phi) is 5.43. The molecule has 1 aliphatic rings. The van der Waals surface area contributed by atoms with E-state index in [1.165, 1.54) is 10.6 Å². The predicted octanol–water partition coefficient (Wildman–Crippen LogP) is 1.45. The predicted molar refractivity (Wildman–Crippen MR) is 103 cm³/mol. The van der Waals surface area contributed by atoms with Crippen LogP contribution in [0.15, 0.2) is 18.3 Å². The Balaban J connectivity index is 1.80. The van der Waals surface area contributed by atoms with Gasteiger partial charge >= 0.3 is 0 Å². The Morgan fingerprint density at radius 1 is 1.30 bits per heavy atom. The van der Waals surface area contributed by atoms with Crippen LogP contribution in [0, 0.1) is 6.92 Å². The van der Waals surface area contributed by atoms with Crippen molar-refractivity contribution in [1.82, 2.24) is 23.6 Å². The van der Waals surface area contributed by atoms with Crippen LogP contribution < -0.4 is 0 Å². The zero-order valence-corrected chi connectivity index (χ0v) is 17.2. The SMILES string of the molecule is CCn1cc(CN(C)C(=O)c2ccc3n2CCCN(S(C)(=O)=O)C3)c(C)n1. The molecule has 27 heavy (non-hydrogen) atoms. The van der Waals surface area contributed by atoms with Crippen molar-refractivity contribution in [1.29, 1.82) is 0 Å². The summed E-state index contributed by atoms with van der Waals surface area (Å²) < 4.78 is 29.1. The maximum absolute atomic E-state index is 13.0. The first-order valence-electron chi connectivity index (χ1n) is 9.12. The van der Waals surface area contributed by atoms with Crippen molar-refractivity contribution in [2.24, 2.45) is 0 Å². The van der Waals surface area contributed by atoms with E-state index >= 15 is 0 Å². The highest BCUT2D eigenvalue weighted by atomic mass is 32.2. The van der Waals surface area contributed by atoms with Crippen molar-refractivity contribution in [3.63, 3.8) is 0 Å². The van der Waals surface area contributed by atoms with E-state index in [1.807, 2.05) is 35.4 Å². The van der Waals surface area contributed by atoms with Gasteiger partial charge in [-0.05, 0) is 32.4 Å². The number of rotatable bonds is 5. The van der Waals surface area contributed by atoms with Crippen LogP contribution in [0.1, 0.15) is 40.8 Å². The van der Waals surface area contributed by atoms with Gasteiger partial charge in [-0.15, -0.1) is 0 Å². The molecule has 0 fully saturated rings. The molecule has 1 aliphatic heterocycles. The number of amides is 1. The van der Waals surface area contributed by atoms with Crippen molar-refractivity contribution >= 4 is 15.9 Å². The van der Waals surface area contributed by atoms with Gasteiger partial charge in [-0.1, -0.05) is 0 Å². The number of hydrogen-bond acceptors (Lipinski definition) is 4. The molecule has 0 saturated carbocycles. The third-order valence-corrected chi connectivity index (χ3v) is 6.26.